The molecule has 2 aromatic carbocycles. The van der Waals surface area contributed by atoms with Gasteiger partial charge in [-0.05, 0) is 38.1 Å². The number of hydrogen-bond acceptors (Lipinski definition) is 4. The van der Waals surface area contributed by atoms with Crippen molar-refractivity contribution in [2.45, 2.75) is 18.7 Å². The number of anilines is 1. The zero-order valence-corrected chi connectivity index (χ0v) is 14.0. The summed E-state index contributed by atoms with van der Waals surface area (Å²) in [6.45, 7) is 4.20. The van der Waals surface area contributed by atoms with Crippen molar-refractivity contribution in [3.8, 4) is 11.5 Å². The first-order valence-electron chi connectivity index (χ1n) is 7.25. The quantitative estimate of drug-likeness (QED) is 0.823. The van der Waals surface area contributed by atoms with Crippen LogP contribution in [0.1, 0.15) is 13.8 Å². The van der Waals surface area contributed by atoms with Crippen LogP contribution in [0.2, 0.25) is 0 Å². The maximum absolute atomic E-state index is 13.6. The first-order chi connectivity index (χ1) is 11.4. The highest BCUT2D eigenvalue weighted by Gasteiger charge is 2.21. The smallest absolute Gasteiger partial charge is 0.262 e. The van der Waals surface area contributed by atoms with Crippen LogP contribution < -0.4 is 14.2 Å². The number of rotatable bonds is 7. The molecule has 8 heteroatoms. The molecule has 0 aliphatic carbocycles. The van der Waals surface area contributed by atoms with E-state index in [1.54, 1.807) is 13.8 Å². The summed E-state index contributed by atoms with van der Waals surface area (Å²) in [7, 11) is -4.20. The number of nitrogens with one attached hydrogen (secondary N) is 1. The number of sulfonamides is 1. The molecule has 0 fully saturated rings. The zero-order valence-electron chi connectivity index (χ0n) is 13.2. The Labute approximate surface area is 139 Å². The summed E-state index contributed by atoms with van der Waals surface area (Å²) in [6, 6.07) is 7.02. The molecule has 0 saturated carbocycles. The van der Waals surface area contributed by atoms with Gasteiger partial charge in [-0.2, -0.15) is 0 Å². The number of hydrogen-bond donors (Lipinski definition) is 1. The molecule has 2 rings (SSSR count). The number of halogens is 2. The lowest BCUT2D eigenvalue weighted by Crippen LogP contribution is -2.15. The Hall–Kier alpha value is -2.35. The molecule has 24 heavy (non-hydrogen) atoms. The van der Waals surface area contributed by atoms with E-state index in [-0.39, 0.29) is 10.6 Å². The van der Waals surface area contributed by atoms with Crippen molar-refractivity contribution in [3.05, 3.63) is 48.0 Å². The van der Waals surface area contributed by atoms with Crippen LogP contribution in [0.5, 0.6) is 11.5 Å². The normalized spacial score (nSPS) is 11.2. The lowest BCUT2D eigenvalue weighted by molar-refractivity contribution is 0.287. The molecule has 2 aromatic rings. The van der Waals surface area contributed by atoms with E-state index in [9.17, 15) is 17.2 Å². The van der Waals surface area contributed by atoms with Gasteiger partial charge in [0.15, 0.2) is 11.5 Å². The number of ether oxygens (including phenoxy) is 2. The van der Waals surface area contributed by atoms with Crippen LogP contribution in [0.25, 0.3) is 0 Å². The van der Waals surface area contributed by atoms with Crippen LogP contribution in [0.4, 0.5) is 14.5 Å². The van der Waals surface area contributed by atoms with E-state index < -0.39 is 27.3 Å². The average Bonchev–Trinajstić information content (AvgIpc) is 2.53. The second-order valence-electron chi connectivity index (χ2n) is 4.68. The zero-order chi connectivity index (χ0) is 17.7. The Morgan fingerprint density at radius 2 is 1.54 bits per heavy atom. The van der Waals surface area contributed by atoms with E-state index >= 15 is 0 Å². The van der Waals surface area contributed by atoms with Gasteiger partial charge in [0.2, 0.25) is 0 Å². The van der Waals surface area contributed by atoms with Gasteiger partial charge in [0, 0.05) is 6.07 Å². The predicted molar refractivity (Wildman–Crippen MR) is 85.9 cm³/mol. The van der Waals surface area contributed by atoms with Gasteiger partial charge in [0.25, 0.3) is 10.0 Å². The van der Waals surface area contributed by atoms with Gasteiger partial charge in [-0.25, -0.2) is 17.2 Å². The summed E-state index contributed by atoms with van der Waals surface area (Å²) in [5.74, 6) is -1.39. The second kappa shape index (κ2) is 7.48. The molecule has 0 radical (unpaired) electrons. The third kappa shape index (κ3) is 3.94. The van der Waals surface area contributed by atoms with Gasteiger partial charge >= 0.3 is 0 Å². The fourth-order valence-corrected chi connectivity index (χ4v) is 3.08. The van der Waals surface area contributed by atoms with Crippen LogP contribution >= 0.6 is 0 Å². The molecule has 0 aromatic heterocycles. The van der Waals surface area contributed by atoms with Crippen molar-refractivity contribution in [2.24, 2.45) is 0 Å². The molecule has 130 valence electrons. The van der Waals surface area contributed by atoms with Crippen molar-refractivity contribution in [1.29, 1.82) is 0 Å². The largest absolute Gasteiger partial charge is 0.490 e. The number of benzene rings is 2. The Balaban J connectivity index is 2.40. The van der Waals surface area contributed by atoms with E-state index in [1.807, 2.05) is 4.72 Å². The van der Waals surface area contributed by atoms with E-state index in [0.29, 0.717) is 19.0 Å². The van der Waals surface area contributed by atoms with Crippen LogP contribution in [-0.4, -0.2) is 21.6 Å². The van der Waals surface area contributed by atoms with Crippen molar-refractivity contribution < 1.29 is 26.7 Å². The van der Waals surface area contributed by atoms with Gasteiger partial charge in [0.05, 0.1) is 18.1 Å². The maximum atomic E-state index is 13.6. The van der Waals surface area contributed by atoms with Gasteiger partial charge in [-0.3, -0.25) is 4.72 Å². The second-order valence-corrected chi connectivity index (χ2v) is 6.36. The fourth-order valence-electron chi connectivity index (χ4n) is 1.99. The molecule has 5 nitrogen and oxygen atoms in total. The SMILES string of the molecule is CCOc1ccc(S(=O)(=O)Nc2c(F)cccc2F)cc1OCC. The molecule has 0 saturated heterocycles. The first-order valence-corrected chi connectivity index (χ1v) is 8.73. The minimum absolute atomic E-state index is 0.197. The Bertz CT molecular complexity index is 805. The molecule has 0 aliphatic rings. The van der Waals surface area contributed by atoms with E-state index in [4.69, 9.17) is 9.47 Å². The summed E-state index contributed by atoms with van der Waals surface area (Å²) in [5, 5.41) is 0. The molecule has 0 unspecified atom stereocenters. The molecule has 0 aliphatic heterocycles. The van der Waals surface area contributed by atoms with Crippen molar-refractivity contribution in [2.75, 3.05) is 17.9 Å². The Kier molecular flexibility index (Phi) is 5.61. The van der Waals surface area contributed by atoms with Crippen LogP contribution in [-0.2, 0) is 10.0 Å². The van der Waals surface area contributed by atoms with Crippen LogP contribution in [0.15, 0.2) is 41.3 Å². The third-order valence-corrected chi connectivity index (χ3v) is 4.37. The molecule has 0 heterocycles. The minimum Gasteiger partial charge on any atom is -0.490 e. The highest BCUT2D eigenvalue weighted by Crippen LogP contribution is 2.31. The van der Waals surface area contributed by atoms with Crippen molar-refractivity contribution in [3.63, 3.8) is 0 Å². The third-order valence-electron chi connectivity index (χ3n) is 3.02. The van der Waals surface area contributed by atoms with Gasteiger partial charge < -0.3 is 9.47 Å². The van der Waals surface area contributed by atoms with Crippen LogP contribution in [0.3, 0.4) is 0 Å². The van der Waals surface area contributed by atoms with E-state index in [2.05, 4.69) is 0 Å². The van der Waals surface area contributed by atoms with Crippen LogP contribution in [0, 0.1) is 11.6 Å². The summed E-state index contributed by atoms with van der Waals surface area (Å²) < 4.78 is 64.7. The Morgan fingerprint density at radius 1 is 0.958 bits per heavy atom. The van der Waals surface area contributed by atoms with Gasteiger partial charge in [0.1, 0.15) is 17.3 Å². The lowest BCUT2D eigenvalue weighted by atomic mass is 10.3. The molecular formula is C16H17F2NO4S. The summed E-state index contributed by atoms with van der Waals surface area (Å²) in [6.07, 6.45) is 0. The average molecular weight is 357 g/mol. The monoisotopic (exact) mass is 357 g/mol. The molecule has 0 spiro atoms. The molecular weight excluding hydrogens is 340 g/mol. The number of para-hydroxylation sites is 1. The maximum Gasteiger partial charge on any atom is 0.262 e. The van der Waals surface area contributed by atoms with Gasteiger partial charge in [-0.1, -0.05) is 6.07 Å². The first kappa shape index (κ1) is 18.0. The topological polar surface area (TPSA) is 64.6 Å². The molecule has 0 atom stereocenters. The highest BCUT2D eigenvalue weighted by atomic mass is 32.2. The predicted octanol–water partition coefficient (Wildman–Crippen LogP) is 3.56. The summed E-state index contributed by atoms with van der Waals surface area (Å²) in [5.41, 5.74) is -0.732. The fraction of sp³-hybridized carbons (Fsp3) is 0.250. The minimum atomic E-state index is -4.20. The van der Waals surface area contributed by atoms with E-state index in [0.717, 1.165) is 18.2 Å². The summed E-state index contributed by atoms with van der Waals surface area (Å²) in [4.78, 5) is -0.197. The van der Waals surface area contributed by atoms with Crippen molar-refractivity contribution >= 4 is 15.7 Å². The van der Waals surface area contributed by atoms with Gasteiger partial charge in [-0.15, -0.1) is 0 Å². The molecule has 0 amide bonds. The van der Waals surface area contributed by atoms with E-state index in [1.165, 1.54) is 18.2 Å². The molecule has 1 N–H and O–H groups in total. The highest BCUT2D eigenvalue weighted by molar-refractivity contribution is 7.92. The standard InChI is InChI=1S/C16H17F2NO4S/c1-3-22-14-9-8-11(10-15(14)23-4-2)24(20,21)19-16-12(17)6-5-7-13(16)18/h5-10,19H,3-4H2,1-2H3. The lowest BCUT2D eigenvalue weighted by Gasteiger charge is -2.14. The summed E-state index contributed by atoms with van der Waals surface area (Å²) >= 11 is 0. The van der Waals surface area contributed by atoms with Crippen molar-refractivity contribution in [1.82, 2.24) is 0 Å². The Morgan fingerprint density at radius 3 is 2.12 bits per heavy atom. The molecule has 0 bridgehead atoms.